The fraction of sp³-hybridized carbons (Fsp3) is 0. The standard InChI is InChI=1S/C15H9Br2N/c16-12-6-2-1-5-11(12)15-14-10(8-9-18-15)4-3-7-13(14)17/h1-9H. The summed E-state index contributed by atoms with van der Waals surface area (Å²) in [6, 6.07) is 16.4. The van der Waals surface area contributed by atoms with Crippen LogP contribution >= 0.6 is 31.9 Å². The molecule has 0 fully saturated rings. The Bertz CT molecular complexity index is 717. The van der Waals surface area contributed by atoms with E-state index in [1.54, 1.807) is 0 Å². The molecule has 18 heavy (non-hydrogen) atoms. The van der Waals surface area contributed by atoms with Crippen molar-refractivity contribution in [2.75, 3.05) is 0 Å². The molecule has 0 bridgehead atoms. The molecule has 0 amide bonds. The number of hydrogen-bond acceptors (Lipinski definition) is 1. The smallest absolute Gasteiger partial charge is 0.0802 e. The lowest BCUT2D eigenvalue weighted by atomic mass is 10.0. The Hall–Kier alpha value is -1.19. The van der Waals surface area contributed by atoms with E-state index in [1.165, 1.54) is 5.39 Å². The van der Waals surface area contributed by atoms with Gasteiger partial charge in [-0.15, -0.1) is 0 Å². The zero-order valence-corrected chi connectivity index (χ0v) is 12.6. The molecule has 3 heteroatoms. The van der Waals surface area contributed by atoms with Gasteiger partial charge in [-0.1, -0.05) is 62.2 Å². The van der Waals surface area contributed by atoms with Gasteiger partial charge < -0.3 is 0 Å². The lowest BCUT2D eigenvalue weighted by Gasteiger charge is -2.09. The molecule has 0 N–H and O–H groups in total. The lowest BCUT2D eigenvalue weighted by Crippen LogP contribution is -1.87. The summed E-state index contributed by atoms with van der Waals surface area (Å²) in [4.78, 5) is 4.54. The number of rotatable bonds is 1. The first-order chi connectivity index (χ1) is 8.77. The monoisotopic (exact) mass is 361 g/mol. The highest BCUT2D eigenvalue weighted by Crippen LogP contribution is 2.35. The Morgan fingerprint density at radius 2 is 1.56 bits per heavy atom. The van der Waals surface area contributed by atoms with Crippen molar-refractivity contribution in [1.29, 1.82) is 0 Å². The van der Waals surface area contributed by atoms with E-state index < -0.39 is 0 Å². The van der Waals surface area contributed by atoms with Gasteiger partial charge in [-0.3, -0.25) is 4.98 Å². The molecular formula is C15H9Br2N. The molecule has 0 aliphatic carbocycles. The molecule has 0 spiro atoms. The predicted octanol–water partition coefficient (Wildman–Crippen LogP) is 5.43. The minimum atomic E-state index is 0.993. The molecule has 0 atom stereocenters. The van der Waals surface area contributed by atoms with Crippen molar-refractivity contribution in [1.82, 2.24) is 4.98 Å². The molecule has 3 rings (SSSR count). The van der Waals surface area contributed by atoms with E-state index in [2.05, 4.69) is 49.0 Å². The van der Waals surface area contributed by atoms with Crippen LogP contribution in [-0.4, -0.2) is 4.98 Å². The number of aromatic nitrogens is 1. The van der Waals surface area contributed by atoms with Crippen molar-refractivity contribution in [2.24, 2.45) is 0 Å². The fourth-order valence-corrected chi connectivity index (χ4v) is 3.09. The van der Waals surface area contributed by atoms with Crippen LogP contribution in [0.2, 0.25) is 0 Å². The van der Waals surface area contributed by atoms with Crippen LogP contribution in [0.4, 0.5) is 0 Å². The van der Waals surface area contributed by atoms with Gasteiger partial charge in [0.1, 0.15) is 0 Å². The Morgan fingerprint density at radius 1 is 0.778 bits per heavy atom. The molecule has 1 heterocycles. The lowest BCUT2D eigenvalue weighted by molar-refractivity contribution is 1.35. The first kappa shape index (κ1) is 11.9. The van der Waals surface area contributed by atoms with Gasteiger partial charge in [-0.2, -0.15) is 0 Å². The van der Waals surface area contributed by atoms with E-state index in [-0.39, 0.29) is 0 Å². The van der Waals surface area contributed by atoms with Gasteiger partial charge >= 0.3 is 0 Å². The summed E-state index contributed by atoms with van der Waals surface area (Å²) in [5.74, 6) is 0. The maximum atomic E-state index is 4.54. The second-order valence-corrected chi connectivity index (χ2v) is 5.69. The molecule has 1 nitrogen and oxygen atoms in total. The van der Waals surface area contributed by atoms with Crippen molar-refractivity contribution in [3.63, 3.8) is 0 Å². The maximum absolute atomic E-state index is 4.54. The van der Waals surface area contributed by atoms with Gasteiger partial charge in [0, 0.05) is 26.1 Å². The van der Waals surface area contributed by atoms with Gasteiger partial charge in [0.05, 0.1) is 5.69 Å². The van der Waals surface area contributed by atoms with Crippen molar-refractivity contribution in [3.8, 4) is 11.3 Å². The first-order valence-corrected chi connectivity index (χ1v) is 7.14. The van der Waals surface area contributed by atoms with Crippen molar-refractivity contribution >= 4 is 42.6 Å². The Morgan fingerprint density at radius 3 is 2.39 bits per heavy atom. The average molecular weight is 363 g/mol. The van der Waals surface area contributed by atoms with E-state index >= 15 is 0 Å². The summed E-state index contributed by atoms with van der Waals surface area (Å²) in [6.07, 6.45) is 1.85. The molecule has 0 saturated carbocycles. The minimum absolute atomic E-state index is 0.993. The Balaban J connectivity index is 2.40. The fourth-order valence-electron chi connectivity index (χ4n) is 2.04. The Kier molecular flexibility index (Phi) is 3.18. The number of halogens is 2. The van der Waals surface area contributed by atoms with Crippen LogP contribution in [0.15, 0.2) is 63.7 Å². The van der Waals surface area contributed by atoms with E-state index in [1.807, 2.05) is 42.6 Å². The third-order valence-electron chi connectivity index (χ3n) is 2.87. The number of nitrogens with zero attached hydrogens (tertiary/aromatic N) is 1. The molecule has 0 radical (unpaired) electrons. The normalized spacial score (nSPS) is 10.8. The quantitative estimate of drug-likeness (QED) is 0.562. The first-order valence-electron chi connectivity index (χ1n) is 5.55. The van der Waals surface area contributed by atoms with E-state index in [9.17, 15) is 0 Å². The third kappa shape index (κ3) is 1.98. The van der Waals surface area contributed by atoms with Crippen LogP contribution in [0.3, 0.4) is 0 Å². The highest BCUT2D eigenvalue weighted by molar-refractivity contribution is 9.11. The van der Waals surface area contributed by atoms with Crippen LogP contribution in [0, 0.1) is 0 Å². The number of benzene rings is 2. The van der Waals surface area contributed by atoms with Crippen LogP contribution in [-0.2, 0) is 0 Å². The summed E-state index contributed by atoms with van der Waals surface area (Å²) >= 11 is 7.20. The topological polar surface area (TPSA) is 12.9 Å². The summed E-state index contributed by atoms with van der Waals surface area (Å²) in [5, 5.41) is 2.33. The van der Waals surface area contributed by atoms with E-state index in [0.717, 1.165) is 25.6 Å². The molecule has 1 aromatic heterocycles. The van der Waals surface area contributed by atoms with Crippen LogP contribution in [0.1, 0.15) is 0 Å². The van der Waals surface area contributed by atoms with Gasteiger partial charge in [-0.05, 0) is 23.6 Å². The maximum Gasteiger partial charge on any atom is 0.0802 e. The molecule has 2 aromatic carbocycles. The zero-order valence-electron chi connectivity index (χ0n) is 9.40. The van der Waals surface area contributed by atoms with Gasteiger partial charge in [0.15, 0.2) is 0 Å². The second kappa shape index (κ2) is 4.82. The highest BCUT2D eigenvalue weighted by Gasteiger charge is 2.10. The predicted molar refractivity (Wildman–Crippen MR) is 82.6 cm³/mol. The summed E-state index contributed by atoms with van der Waals surface area (Å²) in [6.45, 7) is 0. The van der Waals surface area contributed by atoms with Crippen molar-refractivity contribution in [2.45, 2.75) is 0 Å². The SMILES string of the molecule is Brc1ccccc1-c1nccc2cccc(Br)c12. The van der Waals surface area contributed by atoms with Gasteiger partial charge in [0.25, 0.3) is 0 Å². The number of pyridine rings is 1. The highest BCUT2D eigenvalue weighted by atomic mass is 79.9. The number of fused-ring (bicyclic) bond motifs is 1. The van der Waals surface area contributed by atoms with Crippen LogP contribution in [0.5, 0.6) is 0 Å². The van der Waals surface area contributed by atoms with Gasteiger partial charge in [0.2, 0.25) is 0 Å². The largest absolute Gasteiger partial charge is 0.256 e. The molecule has 3 aromatic rings. The minimum Gasteiger partial charge on any atom is -0.256 e. The third-order valence-corrected chi connectivity index (χ3v) is 4.22. The average Bonchev–Trinajstić information content (AvgIpc) is 2.39. The molecule has 0 aliphatic rings. The van der Waals surface area contributed by atoms with Crippen LogP contribution in [0.25, 0.3) is 22.0 Å². The van der Waals surface area contributed by atoms with Crippen LogP contribution < -0.4 is 0 Å². The van der Waals surface area contributed by atoms with E-state index in [0.29, 0.717) is 0 Å². The summed E-state index contributed by atoms with van der Waals surface area (Å²) in [5.41, 5.74) is 2.10. The zero-order chi connectivity index (χ0) is 12.5. The molecule has 88 valence electrons. The summed E-state index contributed by atoms with van der Waals surface area (Å²) in [7, 11) is 0. The molecular weight excluding hydrogens is 354 g/mol. The molecule has 0 unspecified atom stereocenters. The second-order valence-electron chi connectivity index (χ2n) is 3.98. The van der Waals surface area contributed by atoms with Crippen molar-refractivity contribution in [3.05, 3.63) is 63.7 Å². The summed E-state index contributed by atoms with van der Waals surface area (Å²) < 4.78 is 2.12. The Labute approximate surface area is 122 Å². The molecule has 0 saturated heterocycles. The molecule has 0 aliphatic heterocycles. The van der Waals surface area contributed by atoms with Crippen molar-refractivity contribution < 1.29 is 0 Å². The number of hydrogen-bond donors (Lipinski definition) is 0. The van der Waals surface area contributed by atoms with Gasteiger partial charge in [-0.25, -0.2) is 0 Å². The van der Waals surface area contributed by atoms with E-state index in [4.69, 9.17) is 0 Å².